The molecular weight excluding hydrogens is 370 g/mol. The number of aromatic nitrogens is 2. The van der Waals surface area contributed by atoms with Crippen LogP contribution in [0.3, 0.4) is 0 Å². The Morgan fingerprint density at radius 3 is 2.29 bits per heavy atom. The van der Waals surface area contributed by atoms with Gasteiger partial charge in [0, 0.05) is 17.1 Å². The molecule has 28 heavy (non-hydrogen) atoms. The summed E-state index contributed by atoms with van der Waals surface area (Å²) in [5, 5.41) is 1.05. The second-order valence-electron chi connectivity index (χ2n) is 6.64. The van der Waals surface area contributed by atoms with Crippen LogP contribution in [0.2, 0.25) is 5.02 Å². The third kappa shape index (κ3) is 3.57. The smallest absolute Gasteiger partial charge is 0.261 e. The van der Waals surface area contributed by atoms with Crippen LogP contribution < -0.4 is 11.3 Å². The molecule has 4 aromatic rings. The molecule has 4 nitrogen and oxygen atoms in total. The van der Waals surface area contributed by atoms with Crippen LogP contribution in [-0.4, -0.2) is 16.1 Å². The lowest BCUT2D eigenvalue weighted by Crippen LogP contribution is -2.24. The van der Waals surface area contributed by atoms with E-state index in [4.69, 9.17) is 22.3 Å². The Labute approximate surface area is 168 Å². The maximum atomic E-state index is 13.1. The van der Waals surface area contributed by atoms with Gasteiger partial charge in [0.1, 0.15) is 5.82 Å². The van der Waals surface area contributed by atoms with Crippen molar-refractivity contribution >= 4 is 22.5 Å². The van der Waals surface area contributed by atoms with Crippen LogP contribution in [0, 0.1) is 0 Å². The Kier molecular flexibility index (Phi) is 5.24. The minimum atomic E-state index is -0.0944. The zero-order chi connectivity index (χ0) is 19.5. The Bertz CT molecular complexity index is 1170. The van der Waals surface area contributed by atoms with Gasteiger partial charge in [-0.25, -0.2) is 4.98 Å². The van der Waals surface area contributed by atoms with E-state index >= 15 is 0 Å². The molecular formula is C23H20ClN3O. The second kappa shape index (κ2) is 7.97. The summed E-state index contributed by atoms with van der Waals surface area (Å²) in [6.07, 6.45) is 0.697. The van der Waals surface area contributed by atoms with E-state index in [9.17, 15) is 4.79 Å². The Morgan fingerprint density at radius 2 is 1.57 bits per heavy atom. The first-order chi connectivity index (χ1) is 13.7. The van der Waals surface area contributed by atoms with Gasteiger partial charge < -0.3 is 5.73 Å². The van der Waals surface area contributed by atoms with E-state index in [1.165, 1.54) is 0 Å². The molecule has 0 amide bonds. The van der Waals surface area contributed by atoms with Crippen molar-refractivity contribution < 1.29 is 0 Å². The summed E-state index contributed by atoms with van der Waals surface area (Å²) in [4.78, 5) is 17.9. The number of nitrogens with two attached hydrogens (primary N) is 1. The van der Waals surface area contributed by atoms with Crippen LogP contribution in [0.1, 0.15) is 6.42 Å². The molecule has 0 aliphatic rings. The van der Waals surface area contributed by atoms with Gasteiger partial charge in [0.05, 0.1) is 10.9 Å². The third-order valence-corrected chi connectivity index (χ3v) is 4.99. The van der Waals surface area contributed by atoms with E-state index in [0.717, 1.165) is 16.7 Å². The first kappa shape index (κ1) is 18.4. The van der Waals surface area contributed by atoms with E-state index in [1.807, 2.05) is 30.3 Å². The maximum Gasteiger partial charge on any atom is 0.261 e. The molecule has 5 heteroatoms. The summed E-state index contributed by atoms with van der Waals surface area (Å²) in [6.45, 7) is 1.02. The molecule has 0 radical (unpaired) electrons. The van der Waals surface area contributed by atoms with Gasteiger partial charge in [0.25, 0.3) is 5.56 Å². The highest BCUT2D eigenvalue weighted by molar-refractivity contribution is 6.31. The topological polar surface area (TPSA) is 60.9 Å². The van der Waals surface area contributed by atoms with Crippen LogP contribution in [0.25, 0.3) is 33.4 Å². The van der Waals surface area contributed by atoms with E-state index in [2.05, 4.69) is 24.3 Å². The summed E-state index contributed by atoms with van der Waals surface area (Å²) < 4.78 is 1.70. The first-order valence-corrected chi connectivity index (χ1v) is 9.61. The molecule has 3 aromatic carbocycles. The minimum Gasteiger partial charge on any atom is -0.330 e. The molecule has 0 aliphatic heterocycles. The molecule has 0 atom stereocenters. The van der Waals surface area contributed by atoms with Gasteiger partial charge in [-0.2, -0.15) is 0 Å². The third-order valence-electron chi connectivity index (χ3n) is 4.75. The number of benzene rings is 3. The number of nitrogens with zero attached hydrogens (tertiary/aromatic N) is 2. The molecule has 4 rings (SSSR count). The van der Waals surface area contributed by atoms with Crippen LogP contribution in [0.15, 0.2) is 77.6 Å². The molecule has 2 N–H and O–H groups in total. The zero-order valence-corrected chi connectivity index (χ0v) is 16.1. The van der Waals surface area contributed by atoms with Crippen molar-refractivity contribution in [1.82, 2.24) is 9.55 Å². The fourth-order valence-corrected chi connectivity index (χ4v) is 3.48. The highest BCUT2D eigenvalue weighted by atomic mass is 35.5. The van der Waals surface area contributed by atoms with Crippen LogP contribution in [0.4, 0.5) is 0 Å². The normalized spacial score (nSPS) is 11.1. The summed E-state index contributed by atoms with van der Waals surface area (Å²) in [5.41, 5.74) is 9.39. The molecule has 0 aliphatic carbocycles. The van der Waals surface area contributed by atoms with Crippen molar-refractivity contribution in [3.63, 3.8) is 0 Å². The average molecular weight is 390 g/mol. The van der Waals surface area contributed by atoms with Gasteiger partial charge in [-0.05, 0) is 42.3 Å². The molecule has 140 valence electrons. The summed E-state index contributed by atoms with van der Waals surface area (Å²) in [6, 6.07) is 23.5. The molecule has 0 saturated carbocycles. The molecule has 0 saturated heterocycles. The van der Waals surface area contributed by atoms with E-state index in [0.29, 0.717) is 41.3 Å². The Balaban J connectivity index is 1.85. The van der Waals surface area contributed by atoms with Crippen LogP contribution in [0.5, 0.6) is 0 Å². The van der Waals surface area contributed by atoms with E-state index < -0.39 is 0 Å². The molecule has 0 unspecified atom stereocenters. The van der Waals surface area contributed by atoms with Gasteiger partial charge in [-0.1, -0.05) is 66.2 Å². The molecule has 1 aromatic heterocycles. The minimum absolute atomic E-state index is 0.0944. The number of hydrogen-bond donors (Lipinski definition) is 1. The predicted molar refractivity (Wildman–Crippen MR) is 116 cm³/mol. The average Bonchev–Trinajstić information content (AvgIpc) is 2.74. The van der Waals surface area contributed by atoms with Gasteiger partial charge >= 0.3 is 0 Å². The van der Waals surface area contributed by atoms with Gasteiger partial charge in [0.15, 0.2) is 0 Å². The van der Waals surface area contributed by atoms with E-state index in [-0.39, 0.29) is 5.56 Å². The fraction of sp³-hybridized carbons (Fsp3) is 0.130. The highest BCUT2D eigenvalue weighted by Crippen LogP contribution is 2.25. The Hall–Kier alpha value is -2.95. The predicted octanol–water partition coefficient (Wildman–Crippen LogP) is 4.73. The lowest BCUT2D eigenvalue weighted by atomic mass is 10.0. The summed E-state index contributed by atoms with van der Waals surface area (Å²) in [7, 11) is 0. The largest absolute Gasteiger partial charge is 0.330 e. The number of halogens is 1. The van der Waals surface area contributed by atoms with Crippen LogP contribution >= 0.6 is 11.6 Å². The number of hydrogen-bond acceptors (Lipinski definition) is 3. The van der Waals surface area contributed by atoms with Gasteiger partial charge in [0.2, 0.25) is 0 Å². The van der Waals surface area contributed by atoms with Crippen molar-refractivity contribution in [2.24, 2.45) is 5.73 Å². The monoisotopic (exact) mass is 389 g/mol. The van der Waals surface area contributed by atoms with Gasteiger partial charge in [-0.3, -0.25) is 9.36 Å². The van der Waals surface area contributed by atoms with Crippen molar-refractivity contribution in [2.45, 2.75) is 13.0 Å². The second-order valence-corrected chi connectivity index (χ2v) is 7.08. The van der Waals surface area contributed by atoms with Crippen molar-refractivity contribution in [3.8, 4) is 22.5 Å². The SMILES string of the molecule is NCCCn1c(-c2ccc(-c3ccccc3)cc2)nc2ccc(Cl)cc2c1=O. The highest BCUT2D eigenvalue weighted by Gasteiger charge is 2.13. The molecule has 0 fully saturated rings. The lowest BCUT2D eigenvalue weighted by molar-refractivity contribution is 0.632. The molecule has 0 bridgehead atoms. The lowest BCUT2D eigenvalue weighted by Gasteiger charge is -2.14. The quantitative estimate of drug-likeness (QED) is 0.536. The van der Waals surface area contributed by atoms with Gasteiger partial charge in [-0.15, -0.1) is 0 Å². The summed E-state index contributed by atoms with van der Waals surface area (Å²) in [5.74, 6) is 0.646. The standard InChI is InChI=1S/C23H20ClN3O/c24-19-11-12-21-20(15-19)23(28)27(14-4-13-25)22(26-21)18-9-7-17(8-10-18)16-5-2-1-3-6-16/h1-3,5-12,15H,4,13-14,25H2. The first-order valence-electron chi connectivity index (χ1n) is 9.23. The fourth-order valence-electron chi connectivity index (χ4n) is 3.31. The summed E-state index contributed by atoms with van der Waals surface area (Å²) >= 11 is 6.08. The number of fused-ring (bicyclic) bond motifs is 1. The molecule has 0 spiro atoms. The van der Waals surface area contributed by atoms with E-state index in [1.54, 1.807) is 22.8 Å². The van der Waals surface area contributed by atoms with Crippen molar-refractivity contribution in [1.29, 1.82) is 0 Å². The zero-order valence-electron chi connectivity index (χ0n) is 15.3. The molecule has 1 heterocycles. The Morgan fingerprint density at radius 1 is 0.893 bits per heavy atom. The van der Waals surface area contributed by atoms with Crippen molar-refractivity contribution in [2.75, 3.05) is 6.54 Å². The van der Waals surface area contributed by atoms with Crippen molar-refractivity contribution in [3.05, 3.63) is 88.2 Å². The van der Waals surface area contributed by atoms with Crippen LogP contribution in [-0.2, 0) is 6.54 Å². The number of rotatable bonds is 5. The maximum absolute atomic E-state index is 13.1.